The van der Waals surface area contributed by atoms with Crippen LogP contribution in [0.1, 0.15) is 33.1 Å². The Morgan fingerprint density at radius 2 is 2.23 bits per heavy atom. The van der Waals surface area contributed by atoms with Gasteiger partial charge in [-0.05, 0) is 31.8 Å². The summed E-state index contributed by atoms with van der Waals surface area (Å²) in [5, 5.41) is 0. The lowest BCUT2D eigenvalue weighted by Gasteiger charge is -2.20. The van der Waals surface area contributed by atoms with Crippen molar-refractivity contribution < 1.29 is 4.79 Å². The lowest BCUT2D eigenvalue weighted by molar-refractivity contribution is -0.126. The second-order valence-corrected chi connectivity index (χ2v) is 3.77. The third-order valence-corrected chi connectivity index (χ3v) is 2.95. The molecule has 2 heteroatoms. The Morgan fingerprint density at radius 1 is 1.46 bits per heavy atom. The topological polar surface area (TPSA) is 20.3 Å². The Bertz CT molecular complexity index is 312. The van der Waals surface area contributed by atoms with Gasteiger partial charge in [-0.15, -0.1) is 0 Å². The zero-order chi connectivity index (χ0) is 9.42. The van der Waals surface area contributed by atoms with E-state index >= 15 is 0 Å². The van der Waals surface area contributed by atoms with E-state index in [4.69, 9.17) is 0 Å². The van der Waals surface area contributed by atoms with E-state index in [-0.39, 0.29) is 5.91 Å². The van der Waals surface area contributed by atoms with Crippen LogP contribution in [0.4, 0.5) is 0 Å². The van der Waals surface area contributed by atoms with Crippen molar-refractivity contribution in [1.82, 2.24) is 4.90 Å². The van der Waals surface area contributed by atoms with Crippen molar-refractivity contribution in [2.75, 3.05) is 6.54 Å². The fourth-order valence-corrected chi connectivity index (χ4v) is 2.27. The summed E-state index contributed by atoms with van der Waals surface area (Å²) in [4.78, 5) is 13.2. The van der Waals surface area contributed by atoms with Gasteiger partial charge in [-0.2, -0.15) is 0 Å². The van der Waals surface area contributed by atoms with Gasteiger partial charge in [0.1, 0.15) is 0 Å². The summed E-state index contributed by atoms with van der Waals surface area (Å²) in [6.07, 6.45) is 5.47. The first-order valence-electron chi connectivity index (χ1n) is 4.87. The molecule has 1 aliphatic heterocycles. The van der Waals surface area contributed by atoms with Gasteiger partial charge in [-0.25, -0.2) is 0 Å². The zero-order valence-corrected chi connectivity index (χ0v) is 8.26. The molecule has 2 rings (SSSR count). The summed E-state index contributed by atoms with van der Waals surface area (Å²) in [6.45, 7) is 4.70. The zero-order valence-electron chi connectivity index (χ0n) is 8.26. The molecule has 13 heavy (non-hydrogen) atoms. The number of hydrogen-bond acceptors (Lipinski definition) is 1. The van der Waals surface area contributed by atoms with E-state index in [0.717, 1.165) is 25.8 Å². The van der Waals surface area contributed by atoms with Crippen molar-refractivity contribution in [3.05, 3.63) is 22.9 Å². The fourth-order valence-electron chi connectivity index (χ4n) is 2.27. The van der Waals surface area contributed by atoms with E-state index in [9.17, 15) is 4.79 Å². The van der Waals surface area contributed by atoms with Crippen LogP contribution in [0.15, 0.2) is 22.9 Å². The van der Waals surface area contributed by atoms with Crippen molar-refractivity contribution in [1.29, 1.82) is 0 Å². The monoisotopic (exact) mass is 177 g/mol. The molecule has 0 unspecified atom stereocenters. The van der Waals surface area contributed by atoms with E-state index in [2.05, 4.69) is 13.0 Å². The molecule has 0 N–H and O–H groups in total. The number of amides is 1. The first kappa shape index (κ1) is 8.54. The van der Waals surface area contributed by atoms with Crippen LogP contribution >= 0.6 is 0 Å². The molecule has 0 aromatic carbocycles. The number of carbonyl (C=O) groups is 1. The van der Waals surface area contributed by atoms with Crippen molar-refractivity contribution in [2.24, 2.45) is 0 Å². The van der Waals surface area contributed by atoms with E-state index in [0.29, 0.717) is 0 Å². The minimum absolute atomic E-state index is 0.194. The molecule has 2 nitrogen and oxygen atoms in total. The molecule has 0 aromatic rings. The van der Waals surface area contributed by atoms with Gasteiger partial charge in [-0.3, -0.25) is 4.79 Å². The summed E-state index contributed by atoms with van der Waals surface area (Å²) < 4.78 is 0. The van der Waals surface area contributed by atoms with Crippen molar-refractivity contribution in [3.8, 4) is 0 Å². The Kier molecular flexibility index (Phi) is 1.98. The minimum atomic E-state index is 0.194. The Labute approximate surface area is 78.9 Å². The smallest absolute Gasteiger partial charge is 0.223 e. The molecule has 0 fully saturated rings. The molecule has 0 radical (unpaired) electrons. The molecular weight excluding hydrogens is 162 g/mol. The highest BCUT2D eigenvalue weighted by Crippen LogP contribution is 2.34. The fraction of sp³-hybridized carbons (Fsp3) is 0.545. The molecule has 1 amide bonds. The quantitative estimate of drug-likeness (QED) is 0.555. The lowest BCUT2D eigenvalue weighted by atomic mass is 9.96. The number of nitrogens with zero attached hydrogens (tertiary/aromatic N) is 1. The van der Waals surface area contributed by atoms with Crippen LogP contribution in [0.25, 0.3) is 0 Å². The predicted octanol–water partition coefficient (Wildman–Crippen LogP) is 2.23. The number of hydrogen-bond donors (Lipinski definition) is 0. The van der Waals surface area contributed by atoms with Crippen LogP contribution < -0.4 is 0 Å². The molecule has 70 valence electrons. The largest absolute Gasteiger partial charge is 0.316 e. The van der Waals surface area contributed by atoms with Crippen LogP contribution in [0.2, 0.25) is 0 Å². The van der Waals surface area contributed by atoms with E-state index < -0.39 is 0 Å². The van der Waals surface area contributed by atoms with Gasteiger partial charge in [0.05, 0.1) is 0 Å². The van der Waals surface area contributed by atoms with Gasteiger partial charge in [0.2, 0.25) is 5.91 Å². The number of rotatable bonds is 0. The summed E-state index contributed by atoms with van der Waals surface area (Å²) in [5.74, 6) is 0.194. The predicted molar refractivity (Wildman–Crippen MR) is 52.0 cm³/mol. The summed E-state index contributed by atoms with van der Waals surface area (Å²) >= 11 is 0. The molecule has 0 atom stereocenters. The van der Waals surface area contributed by atoms with E-state index in [1.165, 1.54) is 16.8 Å². The average molecular weight is 177 g/mol. The van der Waals surface area contributed by atoms with Gasteiger partial charge in [0.25, 0.3) is 0 Å². The molecule has 1 aliphatic carbocycles. The second kappa shape index (κ2) is 3.02. The summed E-state index contributed by atoms with van der Waals surface area (Å²) in [7, 11) is 0. The molecule has 0 saturated carbocycles. The van der Waals surface area contributed by atoms with Gasteiger partial charge in [-0.1, -0.05) is 11.6 Å². The SMILES string of the molecule is CC(=O)N1CCC2=C1CCC=C2C. The van der Waals surface area contributed by atoms with Crippen LogP contribution in [-0.4, -0.2) is 17.4 Å². The van der Waals surface area contributed by atoms with Gasteiger partial charge in [0.15, 0.2) is 0 Å². The Balaban J connectivity index is 2.33. The lowest BCUT2D eigenvalue weighted by Crippen LogP contribution is -2.25. The van der Waals surface area contributed by atoms with Crippen LogP contribution in [0.5, 0.6) is 0 Å². The maximum absolute atomic E-state index is 11.3. The normalized spacial score (nSPS) is 21.7. The Hall–Kier alpha value is -1.05. The summed E-state index contributed by atoms with van der Waals surface area (Å²) in [5.41, 5.74) is 4.08. The third kappa shape index (κ3) is 1.30. The molecule has 1 heterocycles. The van der Waals surface area contributed by atoms with E-state index in [1.807, 2.05) is 4.90 Å². The molecule has 0 bridgehead atoms. The molecule has 0 aromatic heterocycles. The van der Waals surface area contributed by atoms with Crippen molar-refractivity contribution >= 4 is 5.91 Å². The van der Waals surface area contributed by atoms with Gasteiger partial charge in [0, 0.05) is 19.2 Å². The first-order valence-corrected chi connectivity index (χ1v) is 4.87. The highest BCUT2D eigenvalue weighted by atomic mass is 16.2. The summed E-state index contributed by atoms with van der Waals surface area (Å²) in [6, 6.07) is 0. The van der Waals surface area contributed by atoms with Crippen LogP contribution in [0, 0.1) is 0 Å². The van der Waals surface area contributed by atoms with E-state index in [1.54, 1.807) is 6.92 Å². The third-order valence-electron chi connectivity index (χ3n) is 2.95. The molecular formula is C11H15NO. The Morgan fingerprint density at radius 3 is 2.92 bits per heavy atom. The maximum atomic E-state index is 11.3. The molecule has 0 saturated heterocycles. The standard InChI is InChI=1S/C11H15NO/c1-8-4-3-5-11-10(8)6-7-12(11)9(2)13/h4H,3,5-7H2,1-2H3. The second-order valence-electron chi connectivity index (χ2n) is 3.77. The number of allylic oxidation sites excluding steroid dienone is 3. The molecule has 0 spiro atoms. The van der Waals surface area contributed by atoms with Crippen LogP contribution in [-0.2, 0) is 4.79 Å². The highest BCUT2D eigenvalue weighted by Gasteiger charge is 2.26. The van der Waals surface area contributed by atoms with Crippen molar-refractivity contribution in [3.63, 3.8) is 0 Å². The maximum Gasteiger partial charge on any atom is 0.223 e. The molecule has 2 aliphatic rings. The number of carbonyl (C=O) groups excluding carboxylic acids is 1. The van der Waals surface area contributed by atoms with Gasteiger partial charge < -0.3 is 4.90 Å². The van der Waals surface area contributed by atoms with Crippen molar-refractivity contribution in [2.45, 2.75) is 33.1 Å². The van der Waals surface area contributed by atoms with Gasteiger partial charge >= 0.3 is 0 Å². The minimum Gasteiger partial charge on any atom is -0.316 e. The average Bonchev–Trinajstić information content (AvgIpc) is 2.48. The first-order chi connectivity index (χ1) is 6.20. The van der Waals surface area contributed by atoms with Crippen LogP contribution in [0.3, 0.4) is 0 Å². The highest BCUT2D eigenvalue weighted by molar-refractivity contribution is 5.76.